The Hall–Kier alpha value is -9.85. The van der Waals surface area contributed by atoms with Gasteiger partial charge in [0.25, 0.3) is 47.3 Å². The van der Waals surface area contributed by atoms with Crippen LogP contribution in [0.1, 0.15) is 102 Å². The van der Waals surface area contributed by atoms with Crippen molar-refractivity contribution in [3.05, 3.63) is 142 Å². The SMILES string of the molecule is COCCOCCOCCN1CCNC(=O)c2cccc(c2O)C(=O)NCCN(CCN2CCNC(=O)c3cccc(c3O)C(=O)NCCN(CCOCCOCCOC)CCNC(=O)c3cccc(c3O)C(=O)NC(CCCCNC(=S)Nc3ccc(N=C=S)cc3)C2)CCNC(=O)c2cccc(c2O)C(=O)NCC1. The molecule has 602 valence electrons. The normalized spacial score (nSPS) is 16.6. The second kappa shape index (κ2) is 49.4. The minimum atomic E-state index is -0.708. The lowest BCUT2D eigenvalue weighted by atomic mass is 10.0. The molecule has 111 heavy (non-hydrogen) atoms. The molecule has 7 rings (SSSR count). The van der Waals surface area contributed by atoms with Crippen LogP contribution in [0, 0.1) is 0 Å². The molecule has 5 aromatic rings. The van der Waals surface area contributed by atoms with E-state index in [2.05, 4.69) is 63.3 Å². The first kappa shape index (κ1) is 88.4. The zero-order valence-electron chi connectivity index (χ0n) is 62.7. The molecule has 1 unspecified atom stereocenters. The van der Waals surface area contributed by atoms with Crippen LogP contribution >= 0.6 is 24.4 Å². The Morgan fingerprint density at radius 2 is 0.730 bits per heavy atom. The molecule has 2 aliphatic heterocycles. The number of isothiocyanates is 1. The van der Waals surface area contributed by atoms with Gasteiger partial charge in [-0.25, -0.2) is 0 Å². The molecule has 0 aromatic heterocycles. The van der Waals surface area contributed by atoms with Gasteiger partial charge in [-0.2, -0.15) is 4.99 Å². The van der Waals surface area contributed by atoms with Gasteiger partial charge in [0.1, 0.15) is 23.0 Å². The highest BCUT2D eigenvalue weighted by molar-refractivity contribution is 7.80. The van der Waals surface area contributed by atoms with Gasteiger partial charge in [-0.05, 0) is 116 Å². The monoisotopic (exact) mass is 1580 g/mol. The Morgan fingerprint density at radius 3 is 1.07 bits per heavy atom. The van der Waals surface area contributed by atoms with Crippen LogP contribution in [0.5, 0.6) is 23.0 Å². The van der Waals surface area contributed by atoms with Crippen molar-refractivity contribution in [2.24, 2.45) is 4.99 Å². The molecule has 35 heteroatoms. The van der Waals surface area contributed by atoms with Crippen molar-refractivity contribution in [1.29, 1.82) is 0 Å². The highest BCUT2D eigenvalue weighted by Gasteiger charge is 2.27. The summed E-state index contributed by atoms with van der Waals surface area (Å²) >= 11 is 10.3. The minimum Gasteiger partial charge on any atom is -0.506 e. The van der Waals surface area contributed by atoms with Crippen molar-refractivity contribution in [3.63, 3.8) is 0 Å². The van der Waals surface area contributed by atoms with E-state index in [4.69, 9.17) is 52.9 Å². The Labute approximate surface area is 656 Å². The summed E-state index contributed by atoms with van der Waals surface area (Å²) in [6.45, 7) is 6.72. The minimum absolute atomic E-state index is 0.0411. The molecule has 14 N–H and O–H groups in total. The topological polar surface area (TPSA) is 418 Å². The molecular formula is C76H103N15O18S2. The van der Waals surface area contributed by atoms with Gasteiger partial charge in [-0.15, -0.1) is 0 Å². The Bertz CT molecular complexity index is 3830. The standard InChI is InChI=1S/C76H103N15O18S2/c1-104-43-45-108-49-47-106-41-39-89-32-25-79-70(98)58-12-5-10-56(64(58)92)68(96)77-23-30-88(31-24-78-69(97)57-11-6-13-59(65(57)93)71(99)80-26-33-89)37-38-91-36-29-83-73(101)61-15-7-14-60(66(61)94)72(100)81-27-34-90(40-42-107-48-50-109-46-44-105-2)35-28-82-74(102)62-16-8-17-63(67(62)95)75(103)86-55(51-91)9-3-4-22-84-76(111)87-54-20-18-53(19-21-54)85-52-110/h5-8,10-21,55,92-95H,3-4,9,22-51H2,1-2H3,(H,77,96)(H,78,97)(H,79,98)(H,80,99)(H,81,100)(H,82,102)(H,83,101)(H,86,103)(H2,84,87,111). The van der Waals surface area contributed by atoms with Gasteiger partial charge in [-0.3, -0.25) is 58.0 Å². The number of methoxy groups -OCH3 is 2. The van der Waals surface area contributed by atoms with Crippen molar-refractivity contribution >= 4 is 93.3 Å². The molecule has 0 aliphatic carbocycles. The third-order valence-corrected chi connectivity index (χ3v) is 18.3. The van der Waals surface area contributed by atoms with Crippen LogP contribution in [0.25, 0.3) is 0 Å². The number of phenolic OH excluding ortho intramolecular Hbond substituents is 4. The molecule has 5 aromatic carbocycles. The molecule has 0 saturated carbocycles. The summed E-state index contributed by atoms with van der Waals surface area (Å²) in [5.74, 6) is -7.66. The number of nitrogens with zero attached hydrogens (tertiary/aromatic N) is 5. The van der Waals surface area contributed by atoms with Crippen LogP contribution in [-0.2, 0) is 28.4 Å². The predicted molar refractivity (Wildman–Crippen MR) is 422 cm³/mol. The lowest BCUT2D eigenvalue weighted by Gasteiger charge is -2.31. The van der Waals surface area contributed by atoms with Gasteiger partial charge < -0.3 is 102 Å². The number of amides is 8. The third kappa shape index (κ3) is 30.4. The van der Waals surface area contributed by atoms with E-state index in [1.165, 1.54) is 72.8 Å². The number of thiocarbonyl (C=S) groups is 2. The van der Waals surface area contributed by atoms with E-state index in [9.17, 15) is 58.8 Å². The van der Waals surface area contributed by atoms with E-state index >= 15 is 0 Å². The Morgan fingerprint density at radius 1 is 0.423 bits per heavy atom. The highest BCUT2D eigenvalue weighted by Crippen LogP contribution is 2.27. The number of ether oxygens (including phenoxy) is 6. The summed E-state index contributed by atoms with van der Waals surface area (Å²) in [4.78, 5) is 124. The third-order valence-electron chi connectivity index (χ3n) is 17.9. The van der Waals surface area contributed by atoms with Crippen molar-refractivity contribution in [1.82, 2.24) is 67.5 Å². The van der Waals surface area contributed by atoms with Crippen molar-refractivity contribution in [2.45, 2.75) is 25.3 Å². The van der Waals surface area contributed by atoms with E-state index < -0.39 is 76.3 Å². The zero-order valence-corrected chi connectivity index (χ0v) is 64.3. The molecule has 8 bridgehead atoms. The summed E-state index contributed by atoms with van der Waals surface area (Å²) in [5.41, 5.74) is -0.0345. The average Bonchev–Trinajstić information content (AvgIpc) is 0.837. The molecule has 2 aliphatic rings. The maximum absolute atomic E-state index is 14.7. The fraction of sp³-hybridized carbons (Fsp3) is 0.474. The molecule has 0 saturated heterocycles. The molecule has 0 spiro atoms. The second-order valence-corrected chi connectivity index (χ2v) is 26.2. The van der Waals surface area contributed by atoms with Crippen LogP contribution in [0.15, 0.2) is 102 Å². The number of aromatic hydroxyl groups is 4. The number of phenols is 4. The molecule has 0 radical (unpaired) electrons. The summed E-state index contributed by atoms with van der Waals surface area (Å²) in [7, 11) is 3.15. The number of aliphatic imine (C=N–C) groups is 1. The number of carbonyl (C=O) groups is 8. The average molecular weight is 1580 g/mol. The first-order valence-electron chi connectivity index (χ1n) is 36.9. The number of fused-ring (bicyclic) bond motifs is 8. The number of anilines is 1. The fourth-order valence-electron chi connectivity index (χ4n) is 11.8. The Kier molecular flexibility index (Phi) is 39.3. The molecule has 8 amide bonds. The predicted octanol–water partition coefficient (Wildman–Crippen LogP) is 2.30. The zero-order chi connectivity index (χ0) is 79.5. The van der Waals surface area contributed by atoms with Gasteiger partial charge in [0.15, 0.2) is 5.11 Å². The largest absolute Gasteiger partial charge is 0.506 e. The highest BCUT2D eigenvalue weighted by atomic mass is 32.1. The van der Waals surface area contributed by atoms with Gasteiger partial charge in [-0.1, -0.05) is 24.3 Å². The van der Waals surface area contributed by atoms with Crippen LogP contribution in [0.4, 0.5) is 11.4 Å². The van der Waals surface area contributed by atoms with Gasteiger partial charge in [0, 0.05) is 157 Å². The smallest absolute Gasteiger partial charge is 0.255 e. The maximum atomic E-state index is 14.7. The van der Waals surface area contributed by atoms with Crippen molar-refractivity contribution in [2.75, 3.05) is 217 Å². The molecule has 2 heterocycles. The van der Waals surface area contributed by atoms with Crippen molar-refractivity contribution in [3.8, 4) is 23.0 Å². The van der Waals surface area contributed by atoms with E-state index in [1.807, 2.05) is 19.6 Å². The molecule has 33 nitrogen and oxygen atoms in total. The molecular weight excluding hydrogens is 1480 g/mol. The molecule has 1 atom stereocenters. The number of hydrogen-bond acceptors (Lipinski definition) is 25. The maximum Gasteiger partial charge on any atom is 0.255 e. The number of rotatable bonds is 28. The van der Waals surface area contributed by atoms with Crippen LogP contribution < -0.4 is 53.2 Å². The van der Waals surface area contributed by atoms with Gasteiger partial charge in [0.2, 0.25) is 0 Å². The summed E-state index contributed by atoms with van der Waals surface area (Å²) in [6.07, 6.45) is 1.38. The number of hydrogen-bond donors (Lipinski definition) is 14. The lowest BCUT2D eigenvalue weighted by molar-refractivity contribution is 0.0196. The number of unbranched alkanes of at least 4 members (excludes halogenated alkanes) is 1. The van der Waals surface area contributed by atoms with Gasteiger partial charge >= 0.3 is 0 Å². The van der Waals surface area contributed by atoms with E-state index in [1.54, 1.807) is 38.5 Å². The number of carbonyl (C=O) groups excluding carboxylic acids is 8. The Balaban J connectivity index is 1.15. The van der Waals surface area contributed by atoms with Crippen LogP contribution in [0.2, 0.25) is 0 Å². The van der Waals surface area contributed by atoms with E-state index in [0.717, 1.165) is 0 Å². The number of nitrogens with one attached hydrogen (secondary N) is 10. The molecule has 0 fully saturated rings. The van der Waals surface area contributed by atoms with Crippen molar-refractivity contribution < 1.29 is 87.2 Å². The first-order valence-corrected chi connectivity index (χ1v) is 37.7. The lowest BCUT2D eigenvalue weighted by Crippen LogP contribution is -2.49. The quantitative estimate of drug-likeness (QED) is 0.0194. The summed E-state index contributed by atoms with van der Waals surface area (Å²) in [5, 5.41) is 78.3. The number of para-hydroxylation sites is 4. The van der Waals surface area contributed by atoms with E-state index in [0.29, 0.717) is 108 Å². The van der Waals surface area contributed by atoms with Crippen LogP contribution in [0.3, 0.4) is 0 Å². The van der Waals surface area contributed by atoms with E-state index in [-0.39, 0.29) is 169 Å². The fourth-order valence-corrected chi connectivity index (χ4v) is 12.2. The summed E-state index contributed by atoms with van der Waals surface area (Å²) < 4.78 is 32.6. The first-order chi connectivity index (χ1) is 53.9. The van der Waals surface area contributed by atoms with Crippen LogP contribution in [-0.4, -0.2) is 315 Å². The summed E-state index contributed by atoms with van der Waals surface area (Å²) in [6, 6.07) is 23.4. The van der Waals surface area contributed by atoms with Gasteiger partial charge in [0.05, 0.1) is 121 Å². The second-order valence-electron chi connectivity index (χ2n) is 25.7. The number of benzene rings is 5.